The predicted molar refractivity (Wildman–Crippen MR) is 79.0 cm³/mol. The van der Waals surface area contributed by atoms with Gasteiger partial charge in [-0.2, -0.15) is 13.2 Å². The van der Waals surface area contributed by atoms with Crippen molar-refractivity contribution < 1.29 is 13.2 Å². The Bertz CT molecular complexity index is 588. The van der Waals surface area contributed by atoms with Gasteiger partial charge in [-0.15, -0.1) is 0 Å². The van der Waals surface area contributed by atoms with Crippen LogP contribution in [-0.4, -0.2) is 6.54 Å². The fourth-order valence-corrected chi connectivity index (χ4v) is 2.36. The van der Waals surface area contributed by atoms with Gasteiger partial charge in [0.1, 0.15) is 0 Å². The van der Waals surface area contributed by atoms with Gasteiger partial charge < -0.3 is 5.32 Å². The molecule has 0 bridgehead atoms. The largest absolute Gasteiger partial charge is 0.417 e. The van der Waals surface area contributed by atoms with Crippen LogP contribution in [0.3, 0.4) is 0 Å². The van der Waals surface area contributed by atoms with Gasteiger partial charge in [-0.05, 0) is 36.2 Å². The van der Waals surface area contributed by atoms with Crippen molar-refractivity contribution in [3.05, 3.63) is 59.7 Å². The van der Waals surface area contributed by atoms with Crippen LogP contribution in [0.25, 0.3) is 11.1 Å². The Kier molecular flexibility index (Phi) is 4.68. The van der Waals surface area contributed by atoms with E-state index in [1.165, 1.54) is 12.1 Å². The molecule has 2 rings (SSSR count). The zero-order valence-corrected chi connectivity index (χ0v) is 12.0. The van der Waals surface area contributed by atoms with Gasteiger partial charge in [0.15, 0.2) is 0 Å². The summed E-state index contributed by atoms with van der Waals surface area (Å²) >= 11 is 0. The maximum absolute atomic E-state index is 13.0. The highest BCUT2D eigenvalue weighted by Gasteiger charge is 2.33. The number of alkyl halides is 3. The molecule has 0 aliphatic rings. The van der Waals surface area contributed by atoms with Gasteiger partial charge in [0.2, 0.25) is 0 Å². The molecule has 1 unspecified atom stereocenters. The molecular formula is C17H18F3N. The van der Waals surface area contributed by atoms with E-state index in [1.54, 1.807) is 18.2 Å². The second kappa shape index (κ2) is 6.31. The number of hydrogen-bond acceptors (Lipinski definition) is 1. The second-order valence-corrected chi connectivity index (χ2v) is 4.94. The monoisotopic (exact) mass is 293 g/mol. The van der Waals surface area contributed by atoms with Crippen molar-refractivity contribution >= 4 is 0 Å². The summed E-state index contributed by atoms with van der Waals surface area (Å²) in [5.74, 6) is 0. The Morgan fingerprint density at radius 1 is 1.00 bits per heavy atom. The minimum Gasteiger partial charge on any atom is -0.310 e. The molecule has 0 radical (unpaired) electrons. The van der Waals surface area contributed by atoms with Crippen LogP contribution in [0.15, 0.2) is 48.5 Å². The summed E-state index contributed by atoms with van der Waals surface area (Å²) in [6, 6.07) is 13.1. The molecule has 1 atom stereocenters. The van der Waals surface area contributed by atoms with Crippen molar-refractivity contribution in [1.82, 2.24) is 5.32 Å². The van der Waals surface area contributed by atoms with Gasteiger partial charge in [0.25, 0.3) is 0 Å². The molecule has 21 heavy (non-hydrogen) atoms. The summed E-state index contributed by atoms with van der Waals surface area (Å²) in [6.07, 6.45) is -4.34. The fourth-order valence-electron chi connectivity index (χ4n) is 2.36. The molecule has 0 saturated heterocycles. The van der Waals surface area contributed by atoms with Gasteiger partial charge >= 0.3 is 6.18 Å². The summed E-state index contributed by atoms with van der Waals surface area (Å²) in [4.78, 5) is 0. The Morgan fingerprint density at radius 3 is 2.19 bits per heavy atom. The lowest BCUT2D eigenvalue weighted by Gasteiger charge is -2.15. The summed E-state index contributed by atoms with van der Waals surface area (Å²) in [6.45, 7) is 4.90. The second-order valence-electron chi connectivity index (χ2n) is 4.94. The third kappa shape index (κ3) is 3.64. The summed E-state index contributed by atoms with van der Waals surface area (Å²) in [5, 5.41) is 3.28. The molecule has 0 aliphatic heterocycles. The average molecular weight is 293 g/mol. The Morgan fingerprint density at radius 2 is 1.62 bits per heavy atom. The maximum Gasteiger partial charge on any atom is 0.417 e. The molecule has 112 valence electrons. The third-order valence-corrected chi connectivity index (χ3v) is 3.46. The molecule has 0 heterocycles. The molecule has 0 fully saturated rings. The summed E-state index contributed by atoms with van der Waals surface area (Å²) < 4.78 is 39.1. The minimum atomic E-state index is -4.34. The molecule has 0 aliphatic carbocycles. The minimum absolute atomic E-state index is 0.182. The van der Waals surface area contributed by atoms with Gasteiger partial charge in [-0.1, -0.05) is 49.4 Å². The summed E-state index contributed by atoms with van der Waals surface area (Å²) in [5.41, 5.74) is 1.26. The number of nitrogens with one attached hydrogen (secondary N) is 1. The number of hydrogen-bond donors (Lipinski definition) is 1. The Balaban J connectivity index is 2.36. The van der Waals surface area contributed by atoms with Crippen LogP contribution in [-0.2, 0) is 6.18 Å². The van der Waals surface area contributed by atoms with E-state index < -0.39 is 11.7 Å². The molecule has 0 saturated carbocycles. The van der Waals surface area contributed by atoms with Crippen LogP contribution >= 0.6 is 0 Å². The van der Waals surface area contributed by atoms with Crippen molar-refractivity contribution in [2.45, 2.75) is 26.1 Å². The van der Waals surface area contributed by atoms with Crippen LogP contribution in [0.5, 0.6) is 0 Å². The summed E-state index contributed by atoms with van der Waals surface area (Å²) in [7, 11) is 0. The van der Waals surface area contributed by atoms with Crippen LogP contribution in [0, 0.1) is 0 Å². The number of rotatable bonds is 4. The van der Waals surface area contributed by atoms with E-state index >= 15 is 0 Å². The Hall–Kier alpha value is -1.81. The normalized spacial score (nSPS) is 13.2. The molecule has 0 aromatic heterocycles. The first-order valence-electron chi connectivity index (χ1n) is 6.93. The maximum atomic E-state index is 13.0. The van der Waals surface area contributed by atoms with Crippen molar-refractivity contribution in [2.75, 3.05) is 6.54 Å². The standard InChI is InChI=1S/C17H18F3N/c1-3-21-12(2)13-8-10-14(11-9-13)15-6-4-5-7-16(15)17(18,19)20/h4-12,21H,3H2,1-2H3. The predicted octanol–water partition coefficient (Wildman–Crippen LogP) is 5.04. The van der Waals surface area contributed by atoms with Crippen LogP contribution in [0.4, 0.5) is 13.2 Å². The molecule has 2 aromatic rings. The molecule has 0 amide bonds. The number of benzene rings is 2. The lowest BCUT2D eigenvalue weighted by Crippen LogP contribution is -2.17. The van der Waals surface area contributed by atoms with E-state index in [0.717, 1.165) is 18.2 Å². The molecule has 0 spiro atoms. The van der Waals surface area contributed by atoms with Crippen molar-refractivity contribution in [3.63, 3.8) is 0 Å². The first kappa shape index (κ1) is 15.6. The topological polar surface area (TPSA) is 12.0 Å². The quantitative estimate of drug-likeness (QED) is 0.832. The Labute approximate surface area is 122 Å². The zero-order chi connectivity index (χ0) is 15.5. The van der Waals surface area contributed by atoms with E-state index in [4.69, 9.17) is 0 Å². The average Bonchev–Trinajstić information content (AvgIpc) is 2.47. The molecule has 4 heteroatoms. The van der Waals surface area contributed by atoms with Gasteiger partial charge in [-0.25, -0.2) is 0 Å². The smallest absolute Gasteiger partial charge is 0.310 e. The van der Waals surface area contributed by atoms with E-state index in [-0.39, 0.29) is 11.6 Å². The van der Waals surface area contributed by atoms with Crippen LogP contribution in [0.1, 0.15) is 31.0 Å². The van der Waals surface area contributed by atoms with Crippen molar-refractivity contribution in [3.8, 4) is 11.1 Å². The molecular weight excluding hydrogens is 275 g/mol. The third-order valence-electron chi connectivity index (χ3n) is 3.46. The molecule has 1 N–H and O–H groups in total. The molecule has 2 aromatic carbocycles. The lowest BCUT2D eigenvalue weighted by molar-refractivity contribution is -0.137. The highest BCUT2D eigenvalue weighted by Crippen LogP contribution is 2.37. The first-order valence-corrected chi connectivity index (χ1v) is 6.93. The van der Waals surface area contributed by atoms with Crippen molar-refractivity contribution in [2.24, 2.45) is 0 Å². The first-order chi connectivity index (χ1) is 9.93. The van der Waals surface area contributed by atoms with Gasteiger partial charge in [0, 0.05) is 6.04 Å². The van der Waals surface area contributed by atoms with Crippen LogP contribution < -0.4 is 5.32 Å². The van der Waals surface area contributed by atoms with Gasteiger partial charge in [0.05, 0.1) is 5.56 Å². The SMILES string of the molecule is CCNC(C)c1ccc(-c2ccccc2C(F)(F)F)cc1. The van der Waals surface area contributed by atoms with Crippen molar-refractivity contribution in [1.29, 1.82) is 0 Å². The number of halogens is 3. The van der Waals surface area contributed by atoms with Gasteiger partial charge in [-0.3, -0.25) is 0 Å². The zero-order valence-electron chi connectivity index (χ0n) is 12.0. The fraction of sp³-hybridized carbons (Fsp3) is 0.294. The highest BCUT2D eigenvalue weighted by atomic mass is 19.4. The van der Waals surface area contributed by atoms with E-state index in [9.17, 15) is 13.2 Å². The van der Waals surface area contributed by atoms with E-state index in [0.29, 0.717) is 5.56 Å². The van der Waals surface area contributed by atoms with E-state index in [1.807, 2.05) is 26.0 Å². The highest BCUT2D eigenvalue weighted by molar-refractivity contribution is 5.68. The van der Waals surface area contributed by atoms with E-state index in [2.05, 4.69) is 5.32 Å². The molecule has 1 nitrogen and oxygen atoms in total. The van der Waals surface area contributed by atoms with Crippen LogP contribution in [0.2, 0.25) is 0 Å². The lowest BCUT2D eigenvalue weighted by atomic mass is 9.97.